The van der Waals surface area contributed by atoms with E-state index in [1.807, 2.05) is 49.4 Å². The molecule has 104 valence electrons. The van der Waals surface area contributed by atoms with Gasteiger partial charge in [0, 0.05) is 5.69 Å². The second-order valence-corrected chi connectivity index (χ2v) is 5.46. The normalized spacial score (nSPS) is 28.6. The lowest BCUT2D eigenvalue weighted by molar-refractivity contribution is -0.139. The molecule has 1 N–H and O–H groups in total. The Bertz CT molecular complexity index is 553. The van der Waals surface area contributed by atoms with E-state index in [4.69, 9.17) is 0 Å². The van der Waals surface area contributed by atoms with Gasteiger partial charge in [-0.2, -0.15) is 0 Å². The summed E-state index contributed by atoms with van der Waals surface area (Å²) in [5, 5.41) is 3.14. The highest BCUT2D eigenvalue weighted by molar-refractivity contribution is 6.05. The Morgan fingerprint density at radius 2 is 1.95 bits per heavy atom. The number of benzene rings is 1. The van der Waals surface area contributed by atoms with E-state index in [2.05, 4.69) is 5.32 Å². The molecule has 1 aliphatic carbocycles. The first-order chi connectivity index (χ1) is 9.68. The number of amides is 2. The molecule has 4 nitrogen and oxygen atoms in total. The summed E-state index contributed by atoms with van der Waals surface area (Å²) in [5.41, 5.74) is 0.911. The van der Waals surface area contributed by atoms with Crippen LogP contribution in [0.1, 0.15) is 13.3 Å². The molecule has 20 heavy (non-hydrogen) atoms. The highest BCUT2D eigenvalue weighted by Crippen LogP contribution is 2.38. The number of rotatable bonds is 3. The van der Waals surface area contributed by atoms with Gasteiger partial charge in [0.2, 0.25) is 11.8 Å². The van der Waals surface area contributed by atoms with Crippen molar-refractivity contribution in [2.24, 2.45) is 17.8 Å². The molecule has 1 fully saturated rings. The number of imide groups is 1. The Kier molecular flexibility index (Phi) is 3.30. The smallest absolute Gasteiger partial charge is 0.235 e. The van der Waals surface area contributed by atoms with Crippen LogP contribution < -0.4 is 5.32 Å². The minimum Gasteiger partial charge on any atom is -0.367 e. The van der Waals surface area contributed by atoms with Crippen molar-refractivity contribution in [3.63, 3.8) is 0 Å². The van der Waals surface area contributed by atoms with E-state index in [0.29, 0.717) is 6.42 Å². The summed E-state index contributed by atoms with van der Waals surface area (Å²) in [7, 11) is 0. The second kappa shape index (κ2) is 5.12. The maximum absolute atomic E-state index is 12.4. The number of para-hydroxylation sites is 1. The maximum Gasteiger partial charge on any atom is 0.235 e. The molecule has 1 saturated heterocycles. The van der Waals surface area contributed by atoms with Crippen molar-refractivity contribution in [1.82, 2.24) is 4.90 Å². The number of hydrogen-bond donors (Lipinski definition) is 1. The molecule has 0 saturated carbocycles. The minimum absolute atomic E-state index is 0.0414. The predicted molar refractivity (Wildman–Crippen MR) is 76.7 cm³/mol. The summed E-state index contributed by atoms with van der Waals surface area (Å²) in [4.78, 5) is 26.1. The first-order valence-electron chi connectivity index (χ1n) is 6.99. The third-order valence-electron chi connectivity index (χ3n) is 4.18. The van der Waals surface area contributed by atoms with Gasteiger partial charge in [0.05, 0.1) is 18.5 Å². The fourth-order valence-corrected chi connectivity index (χ4v) is 3.09. The lowest BCUT2D eigenvalue weighted by Gasteiger charge is -2.22. The van der Waals surface area contributed by atoms with Gasteiger partial charge in [-0.15, -0.1) is 0 Å². The van der Waals surface area contributed by atoms with Crippen molar-refractivity contribution in [3.8, 4) is 0 Å². The number of likely N-dealkylation sites (tertiary alicyclic amines) is 1. The molecule has 2 aliphatic rings. The van der Waals surface area contributed by atoms with E-state index in [1.54, 1.807) is 0 Å². The molecular formula is C16H18N2O2. The standard InChI is InChI=1S/C16H18N2O2/c1-11-6-5-9-13-14(11)16(20)18(15(13)19)10-17-12-7-3-2-4-8-12/h2-8,11,13-14,17H,9-10H2,1H3/t11-,13-,14+/m0/s1. The van der Waals surface area contributed by atoms with Gasteiger partial charge in [0.15, 0.2) is 0 Å². The number of nitrogens with zero attached hydrogens (tertiary/aromatic N) is 1. The first-order valence-corrected chi connectivity index (χ1v) is 6.99. The highest BCUT2D eigenvalue weighted by Gasteiger charge is 2.49. The zero-order chi connectivity index (χ0) is 14.1. The number of anilines is 1. The Labute approximate surface area is 118 Å². The molecule has 3 atom stereocenters. The molecule has 0 radical (unpaired) electrons. The maximum atomic E-state index is 12.4. The van der Waals surface area contributed by atoms with E-state index in [-0.39, 0.29) is 36.2 Å². The van der Waals surface area contributed by atoms with E-state index in [9.17, 15) is 9.59 Å². The monoisotopic (exact) mass is 270 g/mol. The van der Waals surface area contributed by atoms with Crippen LogP contribution in [0.2, 0.25) is 0 Å². The van der Waals surface area contributed by atoms with Gasteiger partial charge in [-0.3, -0.25) is 14.5 Å². The van der Waals surface area contributed by atoms with E-state index in [1.165, 1.54) is 4.90 Å². The average Bonchev–Trinajstić information content (AvgIpc) is 2.71. The molecule has 1 aliphatic heterocycles. The van der Waals surface area contributed by atoms with Gasteiger partial charge in [-0.05, 0) is 24.5 Å². The number of carbonyl (C=O) groups is 2. The van der Waals surface area contributed by atoms with Crippen molar-refractivity contribution in [2.75, 3.05) is 12.0 Å². The third kappa shape index (κ3) is 2.11. The van der Waals surface area contributed by atoms with E-state index >= 15 is 0 Å². The first kappa shape index (κ1) is 12.9. The molecule has 0 spiro atoms. The zero-order valence-electron chi connectivity index (χ0n) is 11.5. The molecule has 0 aromatic heterocycles. The molecule has 4 heteroatoms. The Morgan fingerprint density at radius 3 is 2.65 bits per heavy atom. The van der Waals surface area contributed by atoms with Gasteiger partial charge in [0.1, 0.15) is 0 Å². The number of hydrogen-bond acceptors (Lipinski definition) is 3. The van der Waals surface area contributed by atoms with Crippen molar-refractivity contribution in [2.45, 2.75) is 13.3 Å². The topological polar surface area (TPSA) is 49.4 Å². The number of allylic oxidation sites excluding steroid dienone is 2. The van der Waals surface area contributed by atoms with Crippen LogP contribution >= 0.6 is 0 Å². The van der Waals surface area contributed by atoms with Crippen LogP contribution in [0.4, 0.5) is 5.69 Å². The third-order valence-corrected chi connectivity index (χ3v) is 4.18. The van der Waals surface area contributed by atoms with Gasteiger partial charge in [0.25, 0.3) is 0 Å². The van der Waals surface area contributed by atoms with Crippen LogP contribution in [0.15, 0.2) is 42.5 Å². The summed E-state index contributed by atoms with van der Waals surface area (Å²) in [6.07, 6.45) is 4.74. The Morgan fingerprint density at radius 1 is 1.20 bits per heavy atom. The van der Waals surface area contributed by atoms with Gasteiger partial charge >= 0.3 is 0 Å². The molecule has 1 aromatic rings. The van der Waals surface area contributed by atoms with E-state index < -0.39 is 0 Å². The SMILES string of the molecule is C[C@H]1C=CC[C@@H]2C(=O)N(CNc3ccccc3)C(=O)[C@@H]21. The average molecular weight is 270 g/mol. The molecule has 2 amide bonds. The number of fused-ring (bicyclic) bond motifs is 1. The minimum atomic E-state index is -0.176. The molecule has 1 aromatic carbocycles. The Hall–Kier alpha value is -2.10. The fourth-order valence-electron chi connectivity index (χ4n) is 3.09. The van der Waals surface area contributed by atoms with Crippen LogP contribution in [0.3, 0.4) is 0 Å². The van der Waals surface area contributed by atoms with Crippen molar-refractivity contribution in [3.05, 3.63) is 42.5 Å². The van der Waals surface area contributed by atoms with Crippen LogP contribution in [-0.2, 0) is 9.59 Å². The van der Waals surface area contributed by atoms with Crippen LogP contribution in [0, 0.1) is 17.8 Å². The largest absolute Gasteiger partial charge is 0.367 e. The number of nitrogens with one attached hydrogen (secondary N) is 1. The summed E-state index contributed by atoms with van der Waals surface area (Å²) in [5.74, 6) is -0.281. The Balaban J connectivity index is 1.72. The quantitative estimate of drug-likeness (QED) is 0.677. The van der Waals surface area contributed by atoms with Gasteiger partial charge in [-0.25, -0.2) is 0 Å². The van der Waals surface area contributed by atoms with Crippen molar-refractivity contribution < 1.29 is 9.59 Å². The summed E-state index contributed by atoms with van der Waals surface area (Å²) >= 11 is 0. The molecule has 0 bridgehead atoms. The summed E-state index contributed by atoms with van der Waals surface area (Å²) in [6.45, 7) is 2.26. The number of carbonyl (C=O) groups excluding carboxylic acids is 2. The summed E-state index contributed by atoms with van der Waals surface area (Å²) in [6, 6.07) is 9.60. The van der Waals surface area contributed by atoms with Crippen molar-refractivity contribution >= 4 is 17.5 Å². The molecule has 1 heterocycles. The summed E-state index contributed by atoms with van der Waals surface area (Å²) < 4.78 is 0. The van der Waals surface area contributed by atoms with Gasteiger partial charge < -0.3 is 5.32 Å². The predicted octanol–water partition coefficient (Wildman–Crippen LogP) is 2.25. The van der Waals surface area contributed by atoms with Crippen LogP contribution in [0.5, 0.6) is 0 Å². The lowest BCUT2D eigenvalue weighted by Crippen LogP contribution is -2.36. The molecule has 3 rings (SSSR count). The molecular weight excluding hydrogens is 252 g/mol. The highest BCUT2D eigenvalue weighted by atomic mass is 16.2. The van der Waals surface area contributed by atoms with E-state index in [0.717, 1.165) is 5.69 Å². The molecule has 0 unspecified atom stereocenters. The zero-order valence-corrected chi connectivity index (χ0v) is 11.5. The second-order valence-electron chi connectivity index (χ2n) is 5.46. The van der Waals surface area contributed by atoms with Gasteiger partial charge in [-0.1, -0.05) is 37.3 Å². The van der Waals surface area contributed by atoms with Crippen molar-refractivity contribution in [1.29, 1.82) is 0 Å². The van der Waals surface area contributed by atoms with Crippen LogP contribution in [-0.4, -0.2) is 23.4 Å². The van der Waals surface area contributed by atoms with Crippen LogP contribution in [0.25, 0.3) is 0 Å². The lowest BCUT2D eigenvalue weighted by atomic mass is 9.78. The fraction of sp³-hybridized carbons (Fsp3) is 0.375.